The first-order valence-corrected chi connectivity index (χ1v) is 10.1. The Labute approximate surface area is 157 Å². The maximum atomic E-state index is 12.9. The van der Waals surface area contributed by atoms with Crippen LogP contribution in [-0.4, -0.2) is 81.8 Å². The fourth-order valence-electron chi connectivity index (χ4n) is 5.01. The van der Waals surface area contributed by atoms with Gasteiger partial charge in [0.2, 0.25) is 11.7 Å². The average Bonchev–Trinajstić information content (AvgIpc) is 3.51. The predicted molar refractivity (Wildman–Crippen MR) is 92.7 cm³/mol. The summed E-state index contributed by atoms with van der Waals surface area (Å²) in [6.07, 6.45) is 2.10. The minimum absolute atomic E-state index is 0.0289. The molecule has 5 aliphatic rings. The normalized spacial score (nSPS) is 34.6. The topological polar surface area (TPSA) is 92.6 Å². The molecule has 6 rings (SSSR count). The van der Waals surface area contributed by atoms with E-state index in [-0.39, 0.29) is 23.8 Å². The number of hydrogen-bond donors (Lipinski definition) is 1. The molecule has 1 aromatic heterocycles. The third-order valence-corrected chi connectivity index (χ3v) is 6.84. The van der Waals surface area contributed by atoms with Gasteiger partial charge in [-0.05, 0) is 24.7 Å². The number of rotatable bonds is 3. The smallest absolute Gasteiger partial charge is 0.289 e. The van der Waals surface area contributed by atoms with Crippen LogP contribution in [0.3, 0.4) is 0 Å². The first-order chi connectivity index (χ1) is 13.2. The van der Waals surface area contributed by atoms with E-state index in [0.29, 0.717) is 30.2 Å². The summed E-state index contributed by atoms with van der Waals surface area (Å²) in [7, 11) is 0. The van der Waals surface area contributed by atoms with E-state index in [1.807, 2.05) is 9.47 Å². The van der Waals surface area contributed by atoms with Crippen molar-refractivity contribution < 1.29 is 14.3 Å². The highest BCUT2D eigenvalue weighted by Crippen LogP contribution is 2.51. The molecule has 2 saturated heterocycles. The molecule has 0 radical (unpaired) electrons. The van der Waals surface area contributed by atoms with E-state index in [2.05, 4.69) is 20.4 Å². The van der Waals surface area contributed by atoms with Crippen LogP contribution in [0.1, 0.15) is 35.3 Å². The van der Waals surface area contributed by atoms with Crippen LogP contribution in [0, 0.1) is 17.8 Å². The van der Waals surface area contributed by atoms with Gasteiger partial charge in [-0.1, -0.05) is 0 Å². The molecule has 4 atom stereocenters. The lowest BCUT2D eigenvalue weighted by molar-refractivity contribution is -0.137. The molecule has 9 heteroatoms. The van der Waals surface area contributed by atoms with Gasteiger partial charge in [-0.3, -0.25) is 14.5 Å². The van der Waals surface area contributed by atoms with E-state index in [9.17, 15) is 9.59 Å². The van der Waals surface area contributed by atoms with Crippen molar-refractivity contribution in [1.29, 1.82) is 0 Å². The Morgan fingerprint density at radius 2 is 1.81 bits per heavy atom. The summed E-state index contributed by atoms with van der Waals surface area (Å²) in [6.45, 7) is 5.32. The van der Waals surface area contributed by atoms with Crippen molar-refractivity contribution in [3.05, 3.63) is 11.6 Å². The van der Waals surface area contributed by atoms with Gasteiger partial charge in [0, 0.05) is 44.7 Å². The van der Waals surface area contributed by atoms with Gasteiger partial charge in [0.25, 0.3) is 5.91 Å². The van der Waals surface area contributed by atoms with Crippen molar-refractivity contribution in [3.8, 4) is 0 Å². The zero-order chi connectivity index (χ0) is 18.1. The van der Waals surface area contributed by atoms with Gasteiger partial charge in [0.1, 0.15) is 0 Å². The van der Waals surface area contributed by atoms with Crippen LogP contribution >= 0.6 is 0 Å². The van der Waals surface area contributed by atoms with Crippen LogP contribution in [0.25, 0.3) is 0 Å². The van der Waals surface area contributed by atoms with Gasteiger partial charge in [-0.15, -0.1) is 10.2 Å². The highest BCUT2D eigenvalue weighted by Gasteiger charge is 2.59. The molecule has 2 amide bonds. The lowest BCUT2D eigenvalue weighted by atomic mass is 10.1. The summed E-state index contributed by atoms with van der Waals surface area (Å²) in [5.41, 5.74) is 0. The van der Waals surface area contributed by atoms with Crippen molar-refractivity contribution in [3.63, 3.8) is 0 Å². The molecule has 2 saturated carbocycles. The largest absolute Gasteiger partial charge is 0.381 e. The number of nitrogens with one attached hydrogen (secondary N) is 1. The van der Waals surface area contributed by atoms with Gasteiger partial charge >= 0.3 is 0 Å². The quantitative estimate of drug-likeness (QED) is 0.752. The Hall–Kier alpha value is -2.00. The SMILES string of the molecule is O=C(NC1CC1)c1nnc2n1CCN1CCN(C(=O)C3[C@H]4COC[C@@H]34)C[C@H]21. The van der Waals surface area contributed by atoms with E-state index < -0.39 is 0 Å². The van der Waals surface area contributed by atoms with E-state index in [4.69, 9.17) is 4.74 Å². The molecule has 4 heterocycles. The second-order valence-electron chi connectivity index (χ2n) is 8.51. The van der Waals surface area contributed by atoms with Crippen LogP contribution in [0.15, 0.2) is 0 Å². The fraction of sp³-hybridized carbons (Fsp3) is 0.778. The molecule has 0 bridgehead atoms. The van der Waals surface area contributed by atoms with Gasteiger partial charge in [-0.25, -0.2) is 0 Å². The van der Waals surface area contributed by atoms with Crippen molar-refractivity contribution in [2.45, 2.75) is 31.5 Å². The lowest BCUT2D eigenvalue weighted by Gasteiger charge is -2.43. The fourth-order valence-corrected chi connectivity index (χ4v) is 5.01. The molecular weight excluding hydrogens is 348 g/mol. The van der Waals surface area contributed by atoms with Crippen molar-refractivity contribution in [2.75, 3.05) is 39.4 Å². The monoisotopic (exact) mass is 372 g/mol. The van der Waals surface area contributed by atoms with Crippen LogP contribution < -0.4 is 5.32 Å². The molecule has 1 N–H and O–H groups in total. The molecule has 1 aromatic rings. The zero-order valence-corrected chi connectivity index (χ0v) is 15.2. The number of amides is 2. The Balaban J connectivity index is 1.20. The van der Waals surface area contributed by atoms with Crippen molar-refractivity contribution >= 4 is 11.8 Å². The number of hydrogen-bond acceptors (Lipinski definition) is 6. The second-order valence-corrected chi connectivity index (χ2v) is 8.51. The maximum Gasteiger partial charge on any atom is 0.289 e. The summed E-state index contributed by atoms with van der Waals surface area (Å²) < 4.78 is 7.38. The van der Waals surface area contributed by atoms with Crippen molar-refractivity contribution in [2.24, 2.45) is 17.8 Å². The first-order valence-electron chi connectivity index (χ1n) is 10.1. The Morgan fingerprint density at radius 1 is 1.04 bits per heavy atom. The minimum Gasteiger partial charge on any atom is -0.381 e. The molecule has 1 unspecified atom stereocenters. The third-order valence-electron chi connectivity index (χ3n) is 6.84. The number of carbonyl (C=O) groups excluding carboxylic acids is 2. The summed E-state index contributed by atoms with van der Waals surface area (Å²) in [5.74, 6) is 2.40. The standard InChI is InChI=1S/C18H24N6O3/c25-17(19-10-1-2-10)16-21-20-15-13-7-23(4-3-22(13)5-6-24(15)16)18(26)14-11-8-27-9-12(11)14/h10-14H,1-9H2,(H,19,25)/t11-,12+,13-,14?/m1/s1. The highest BCUT2D eigenvalue weighted by molar-refractivity contribution is 5.91. The third kappa shape index (κ3) is 2.51. The molecule has 9 nitrogen and oxygen atoms in total. The number of aromatic nitrogens is 3. The Kier molecular flexibility index (Phi) is 3.41. The maximum absolute atomic E-state index is 12.9. The van der Waals surface area contributed by atoms with Crippen LogP contribution in [0.5, 0.6) is 0 Å². The van der Waals surface area contributed by atoms with Crippen LogP contribution in [0.4, 0.5) is 0 Å². The molecule has 3 aliphatic heterocycles. The lowest BCUT2D eigenvalue weighted by Crippen LogP contribution is -2.54. The van der Waals surface area contributed by atoms with Gasteiger partial charge in [0.15, 0.2) is 5.82 Å². The average molecular weight is 372 g/mol. The molecule has 0 spiro atoms. The number of piperazine rings is 1. The molecule has 27 heavy (non-hydrogen) atoms. The van der Waals surface area contributed by atoms with E-state index >= 15 is 0 Å². The number of ether oxygens (including phenoxy) is 1. The summed E-state index contributed by atoms with van der Waals surface area (Å²) >= 11 is 0. The summed E-state index contributed by atoms with van der Waals surface area (Å²) in [4.78, 5) is 29.8. The molecule has 4 fully saturated rings. The number of nitrogens with zero attached hydrogens (tertiary/aromatic N) is 5. The van der Waals surface area contributed by atoms with E-state index in [0.717, 1.165) is 58.1 Å². The zero-order valence-electron chi connectivity index (χ0n) is 15.2. The molecule has 2 aliphatic carbocycles. The van der Waals surface area contributed by atoms with E-state index in [1.165, 1.54) is 0 Å². The molecule has 0 aromatic carbocycles. The van der Waals surface area contributed by atoms with Gasteiger partial charge in [-0.2, -0.15) is 0 Å². The van der Waals surface area contributed by atoms with Gasteiger partial charge in [0.05, 0.1) is 19.3 Å². The number of carbonyl (C=O) groups is 2. The van der Waals surface area contributed by atoms with Crippen molar-refractivity contribution in [1.82, 2.24) is 29.9 Å². The van der Waals surface area contributed by atoms with Gasteiger partial charge < -0.3 is 19.5 Å². The summed E-state index contributed by atoms with van der Waals surface area (Å²) in [5, 5.41) is 11.5. The van der Waals surface area contributed by atoms with E-state index in [1.54, 1.807) is 0 Å². The molecule has 144 valence electrons. The first kappa shape index (κ1) is 16.0. The highest BCUT2D eigenvalue weighted by atomic mass is 16.5. The Bertz CT molecular complexity index is 795. The molecular formula is C18H24N6O3. The van der Waals surface area contributed by atoms with Crippen LogP contribution in [-0.2, 0) is 16.1 Å². The predicted octanol–water partition coefficient (Wildman–Crippen LogP) is -0.738. The Morgan fingerprint density at radius 3 is 2.59 bits per heavy atom. The summed E-state index contributed by atoms with van der Waals surface area (Å²) in [6, 6.07) is 0.330. The second kappa shape index (κ2) is 5.75. The number of fused-ring (bicyclic) bond motifs is 4. The minimum atomic E-state index is -0.126. The van der Waals surface area contributed by atoms with Crippen LogP contribution in [0.2, 0.25) is 0 Å².